The van der Waals surface area contributed by atoms with Gasteiger partial charge in [0.25, 0.3) is 0 Å². The van der Waals surface area contributed by atoms with Crippen molar-refractivity contribution in [2.45, 2.75) is 0 Å². The first-order chi connectivity index (χ1) is 10.5. The first-order valence-electron chi connectivity index (χ1n) is 6.05. The van der Waals surface area contributed by atoms with E-state index in [-0.39, 0.29) is 16.5 Å². The molecule has 8 heteroatoms. The fraction of sp³-hybridized carbons (Fsp3) is 0. The van der Waals surface area contributed by atoms with Gasteiger partial charge in [0.15, 0.2) is 5.82 Å². The summed E-state index contributed by atoms with van der Waals surface area (Å²) < 4.78 is 15.3. The summed E-state index contributed by atoms with van der Waals surface area (Å²) in [5, 5.41) is 3.42. The fourth-order valence-electron chi connectivity index (χ4n) is 2.01. The van der Waals surface area contributed by atoms with E-state index in [2.05, 4.69) is 10.1 Å². The van der Waals surface area contributed by atoms with Crippen LogP contribution in [0.25, 0.3) is 17.1 Å². The van der Waals surface area contributed by atoms with Gasteiger partial charge < -0.3 is 0 Å². The summed E-state index contributed by atoms with van der Waals surface area (Å²) in [6, 6.07) is 8.80. The fourth-order valence-corrected chi connectivity index (χ4v) is 2.66. The maximum atomic E-state index is 14.1. The Labute approximate surface area is 139 Å². The zero-order chi connectivity index (χ0) is 15.9. The minimum absolute atomic E-state index is 0.0972. The minimum atomic E-state index is -0.629. The standard InChI is InChI=1S/C14H7Cl3FN3O/c15-7-1-3-9(10(17)5-7)13-19-14(22)20-21(13)12-4-2-8(16)6-11(12)18/h1-6H,(H,20,22). The van der Waals surface area contributed by atoms with Gasteiger partial charge >= 0.3 is 5.69 Å². The molecule has 0 atom stereocenters. The third-order valence-corrected chi connectivity index (χ3v) is 3.73. The molecular formula is C14H7Cl3FN3O. The molecule has 0 fully saturated rings. The molecule has 4 nitrogen and oxygen atoms in total. The largest absolute Gasteiger partial charge is 0.362 e. The third kappa shape index (κ3) is 2.75. The molecule has 3 aromatic rings. The van der Waals surface area contributed by atoms with Crippen LogP contribution in [-0.4, -0.2) is 14.8 Å². The van der Waals surface area contributed by atoms with Crippen LogP contribution in [0.3, 0.4) is 0 Å². The Morgan fingerprint density at radius 1 is 1.05 bits per heavy atom. The van der Waals surface area contributed by atoms with E-state index in [0.717, 1.165) is 6.07 Å². The Morgan fingerprint density at radius 3 is 2.41 bits per heavy atom. The minimum Gasteiger partial charge on any atom is -0.244 e. The summed E-state index contributed by atoms with van der Waals surface area (Å²) in [6.45, 7) is 0. The van der Waals surface area contributed by atoms with E-state index in [9.17, 15) is 9.18 Å². The molecule has 0 spiro atoms. The van der Waals surface area contributed by atoms with Gasteiger partial charge in [0.2, 0.25) is 0 Å². The van der Waals surface area contributed by atoms with Gasteiger partial charge in [0, 0.05) is 15.6 Å². The van der Waals surface area contributed by atoms with Crippen LogP contribution in [0.4, 0.5) is 4.39 Å². The van der Waals surface area contributed by atoms with E-state index >= 15 is 0 Å². The Balaban J connectivity index is 2.24. The van der Waals surface area contributed by atoms with Crippen LogP contribution in [-0.2, 0) is 0 Å². The topological polar surface area (TPSA) is 50.7 Å². The maximum absolute atomic E-state index is 14.1. The molecule has 0 aliphatic heterocycles. The Hall–Kier alpha value is -1.82. The molecule has 1 N–H and O–H groups in total. The number of hydrogen-bond acceptors (Lipinski definition) is 2. The van der Waals surface area contributed by atoms with Crippen molar-refractivity contribution in [2.75, 3.05) is 0 Å². The van der Waals surface area contributed by atoms with Crippen molar-refractivity contribution < 1.29 is 4.39 Å². The molecule has 112 valence electrons. The summed E-state index contributed by atoms with van der Waals surface area (Å²) in [5.74, 6) is -0.430. The van der Waals surface area contributed by atoms with Crippen LogP contribution in [0.2, 0.25) is 15.1 Å². The molecule has 22 heavy (non-hydrogen) atoms. The van der Waals surface area contributed by atoms with Crippen LogP contribution in [0.5, 0.6) is 0 Å². The average molecular weight is 359 g/mol. The average Bonchev–Trinajstić information content (AvgIpc) is 2.80. The van der Waals surface area contributed by atoms with Gasteiger partial charge in [0.05, 0.1) is 5.02 Å². The highest BCUT2D eigenvalue weighted by Gasteiger charge is 2.16. The maximum Gasteiger partial charge on any atom is 0.362 e. The monoisotopic (exact) mass is 357 g/mol. The van der Waals surface area contributed by atoms with E-state index in [0.29, 0.717) is 15.6 Å². The molecule has 0 unspecified atom stereocenters. The van der Waals surface area contributed by atoms with Crippen molar-refractivity contribution in [3.63, 3.8) is 0 Å². The Kier molecular flexibility index (Phi) is 3.95. The number of aromatic nitrogens is 3. The highest BCUT2D eigenvalue weighted by atomic mass is 35.5. The normalized spacial score (nSPS) is 10.9. The number of aromatic amines is 1. The van der Waals surface area contributed by atoms with E-state index < -0.39 is 11.5 Å². The lowest BCUT2D eigenvalue weighted by molar-refractivity contribution is 0.611. The van der Waals surface area contributed by atoms with Crippen LogP contribution in [0, 0.1) is 5.82 Å². The Morgan fingerprint density at radius 2 is 1.73 bits per heavy atom. The molecule has 0 aliphatic carbocycles. The molecule has 0 aliphatic rings. The number of nitrogens with one attached hydrogen (secondary N) is 1. The van der Waals surface area contributed by atoms with Gasteiger partial charge in [0.1, 0.15) is 11.5 Å². The van der Waals surface area contributed by atoms with Gasteiger partial charge in [-0.15, -0.1) is 0 Å². The van der Waals surface area contributed by atoms with Crippen molar-refractivity contribution in [2.24, 2.45) is 0 Å². The number of rotatable bonds is 2. The van der Waals surface area contributed by atoms with E-state index in [4.69, 9.17) is 34.8 Å². The molecule has 0 radical (unpaired) electrons. The molecule has 0 saturated carbocycles. The van der Waals surface area contributed by atoms with Crippen molar-refractivity contribution in [1.82, 2.24) is 14.8 Å². The molecule has 2 aromatic carbocycles. The van der Waals surface area contributed by atoms with E-state index in [1.165, 1.54) is 22.9 Å². The van der Waals surface area contributed by atoms with Gasteiger partial charge in [-0.05, 0) is 36.4 Å². The highest BCUT2D eigenvalue weighted by molar-refractivity contribution is 6.36. The first kappa shape index (κ1) is 15.1. The molecule has 1 heterocycles. The molecule has 0 amide bonds. The number of benzene rings is 2. The van der Waals surface area contributed by atoms with Crippen molar-refractivity contribution in [3.05, 3.63) is 67.8 Å². The zero-order valence-electron chi connectivity index (χ0n) is 10.8. The molecule has 0 bridgehead atoms. The van der Waals surface area contributed by atoms with Gasteiger partial charge in [-0.3, -0.25) is 0 Å². The summed E-state index contributed by atoms with van der Waals surface area (Å²) in [6.07, 6.45) is 0. The van der Waals surface area contributed by atoms with Crippen molar-refractivity contribution in [3.8, 4) is 17.1 Å². The number of H-pyrrole nitrogens is 1. The van der Waals surface area contributed by atoms with Crippen molar-refractivity contribution in [1.29, 1.82) is 0 Å². The number of halogens is 4. The lowest BCUT2D eigenvalue weighted by Gasteiger charge is -2.09. The summed E-state index contributed by atoms with van der Waals surface area (Å²) in [4.78, 5) is 15.4. The van der Waals surface area contributed by atoms with E-state index in [1.807, 2.05) is 0 Å². The van der Waals surface area contributed by atoms with Gasteiger partial charge in [-0.25, -0.2) is 19.0 Å². The van der Waals surface area contributed by atoms with Gasteiger partial charge in [-0.2, -0.15) is 4.98 Å². The summed E-state index contributed by atoms with van der Waals surface area (Å²) in [7, 11) is 0. The second-order valence-electron chi connectivity index (χ2n) is 4.41. The lowest BCUT2D eigenvalue weighted by Crippen LogP contribution is -2.06. The number of hydrogen-bond donors (Lipinski definition) is 1. The molecule has 1 aromatic heterocycles. The lowest BCUT2D eigenvalue weighted by atomic mass is 10.2. The van der Waals surface area contributed by atoms with Crippen LogP contribution < -0.4 is 5.69 Å². The SMILES string of the molecule is O=c1nc(-c2ccc(Cl)cc2Cl)n(-c2ccc(Cl)cc2F)[nH]1. The van der Waals surface area contributed by atoms with Crippen LogP contribution in [0.1, 0.15) is 0 Å². The smallest absolute Gasteiger partial charge is 0.244 e. The van der Waals surface area contributed by atoms with Crippen LogP contribution in [0.15, 0.2) is 41.2 Å². The molecule has 0 saturated heterocycles. The number of nitrogens with zero attached hydrogens (tertiary/aromatic N) is 2. The Bertz CT molecular complexity index is 848. The van der Waals surface area contributed by atoms with Gasteiger partial charge in [-0.1, -0.05) is 34.8 Å². The zero-order valence-corrected chi connectivity index (χ0v) is 13.0. The summed E-state index contributed by atoms with van der Waals surface area (Å²) in [5.41, 5.74) is -0.0887. The molecular weight excluding hydrogens is 352 g/mol. The summed E-state index contributed by atoms with van der Waals surface area (Å²) >= 11 is 17.7. The second-order valence-corrected chi connectivity index (χ2v) is 5.69. The highest BCUT2D eigenvalue weighted by Crippen LogP contribution is 2.30. The van der Waals surface area contributed by atoms with Crippen molar-refractivity contribution >= 4 is 34.8 Å². The second kappa shape index (κ2) is 5.76. The quantitative estimate of drug-likeness (QED) is 0.741. The molecule has 3 rings (SSSR count). The van der Waals surface area contributed by atoms with E-state index in [1.54, 1.807) is 12.1 Å². The third-order valence-electron chi connectivity index (χ3n) is 2.95. The van der Waals surface area contributed by atoms with Crippen LogP contribution >= 0.6 is 34.8 Å². The predicted octanol–water partition coefficient (Wildman–Crippen LogP) is 4.33. The first-order valence-corrected chi connectivity index (χ1v) is 7.19. The predicted molar refractivity (Wildman–Crippen MR) is 84.6 cm³/mol.